The molecule has 2 N–H and O–H groups in total. The molecule has 5 nitrogen and oxygen atoms in total. The fourth-order valence-corrected chi connectivity index (χ4v) is 7.85. The van der Waals surface area contributed by atoms with Gasteiger partial charge in [-0.2, -0.15) is 0 Å². The summed E-state index contributed by atoms with van der Waals surface area (Å²) >= 11 is 3.57. The molecule has 196 valence electrons. The molecular formula is C31H33N3O2S2. The Morgan fingerprint density at radius 3 is 2.61 bits per heavy atom. The molecule has 0 spiro atoms. The van der Waals surface area contributed by atoms with Gasteiger partial charge in [-0.05, 0) is 67.7 Å². The number of benzene rings is 1. The van der Waals surface area contributed by atoms with Gasteiger partial charge >= 0.3 is 0 Å². The van der Waals surface area contributed by atoms with E-state index in [-0.39, 0.29) is 17.6 Å². The lowest BCUT2D eigenvalue weighted by Crippen LogP contribution is -2.37. The number of aromatic nitrogens is 1. The number of allylic oxidation sites excluding steroid dienone is 3. The molecule has 7 heteroatoms. The third kappa shape index (κ3) is 5.22. The van der Waals surface area contributed by atoms with Crippen LogP contribution in [-0.2, 0) is 16.0 Å². The number of ketones is 1. The number of aryl methyl sites for hydroxylation is 2. The van der Waals surface area contributed by atoms with Crippen LogP contribution in [0.15, 0.2) is 81.3 Å². The summed E-state index contributed by atoms with van der Waals surface area (Å²) in [5.74, 6) is 1.03. The average molecular weight is 544 g/mol. The quantitative estimate of drug-likeness (QED) is 0.310. The Labute approximate surface area is 232 Å². The smallest absolute Gasteiger partial charge is 0.255 e. The zero-order valence-electron chi connectivity index (χ0n) is 22.3. The van der Waals surface area contributed by atoms with E-state index in [2.05, 4.69) is 47.7 Å². The van der Waals surface area contributed by atoms with Gasteiger partial charge in [-0.1, -0.05) is 50.2 Å². The second kappa shape index (κ2) is 11.3. The number of amides is 1. The fourth-order valence-electron chi connectivity index (χ4n) is 5.47. The summed E-state index contributed by atoms with van der Waals surface area (Å²) in [7, 11) is 0. The van der Waals surface area contributed by atoms with Crippen LogP contribution in [0, 0.1) is 6.92 Å². The SMILES string of the molecule is CCSc1sc(CC)cc1C1C(C(=O)Nc2cccc(C)n2)=C(C)NC2=C1C(=O)CC(c1ccccc1)C2. The minimum Gasteiger partial charge on any atom is -0.362 e. The van der Waals surface area contributed by atoms with E-state index in [9.17, 15) is 9.59 Å². The molecule has 2 atom stereocenters. The lowest BCUT2D eigenvalue weighted by atomic mass is 9.72. The fraction of sp³-hybridized carbons (Fsp3) is 0.323. The van der Waals surface area contributed by atoms with Gasteiger partial charge < -0.3 is 10.6 Å². The van der Waals surface area contributed by atoms with E-state index >= 15 is 0 Å². The molecule has 2 aromatic heterocycles. The molecule has 5 rings (SSSR count). The molecule has 0 saturated carbocycles. The highest BCUT2D eigenvalue weighted by molar-refractivity contribution is 8.01. The number of pyridine rings is 1. The molecule has 1 aliphatic carbocycles. The van der Waals surface area contributed by atoms with Crippen molar-refractivity contribution >= 4 is 40.6 Å². The average Bonchev–Trinajstić information content (AvgIpc) is 3.31. The molecular weight excluding hydrogens is 510 g/mol. The predicted molar refractivity (Wildman–Crippen MR) is 157 cm³/mol. The van der Waals surface area contributed by atoms with Gasteiger partial charge in [-0.15, -0.1) is 23.1 Å². The number of thiophene rings is 1. The minimum atomic E-state index is -0.411. The van der Waals surface area contributed by atoms with Crippen molar-refractivity contribution < 1.29 is 9.59 Å². The molecule has 3 aromatic rings. The number of nitrogens with one attached hydrogen (secondary N) is 2. The second-order valence-corrected chi connectivity index (χ2v) is 12.5. The van der Waals surface area contributed by atoms with Gasteiger partial charge in [-0.3, -0.25) is 9.59 Å². The van der Waals surface area contributed by atoms with Crippen molar-refractivity contribution in [3.05, 3.63) is 98.8 Å². The Bertz CT molecular complexity index is 1440. The van der Waals surface area contributed by atoms with Crippen LogP contribution in [0.3, 0.4) is 0 Å². The molecule has 1 amide bonds. The third-order valence-corrected chi connectivity index (χ3v) is 9.66. The van der Waals surface area contributed by atoms with E-state index in [0.29, 0.717) is 17.8 Å². The molecule has 0 saturated heterocycles. The van der Waals surface area contributed by atoms with E-state index in [1.807, 2.05) is 44.2 Å². The van der Waals surface area contributed by atoms with Crippen LogP contribution >= 0.6 is 23.1 Å². The molecule has 0 bridgehead atoms. The number of Topliss-reactive ketones (excluding diaryl/α,β-unsaturated/α-hetero) is 1. The van der Waals surface area contributed by atoms with Crippen molar-refractivity contribution in [1.82, 2.24) is 10.3 Å². The van der Waals surface area contributed by atoms with Gasteiger partial charge in [0.15, 0.2) is 5.78 Å². The Kier molecular flexibility index (Phi) is 7.86. The van der Waals surface area contributed by atoms with Crippen molar-refractivity contribution in [3.63, 3.8) is 0 Å². The highest BCUT2D eigenvalue weighted by Gasteiger charge is 2.42. The summed E-state index contributed by atoms with van der Waals surface area (Å²) in [5, 5.41) is 6.52. The van der Waals surface area contributed by atoms with Crippen molar-refractivity contribution in [2.24, 2.45) is 0 Å². The highest BCUT2D eigenvalue weighted by atomic mass is 32.2. The molecule has 0 radical (unpaired) electrons. The summed E-state index contributed by atoms with van der Waals surface area (Å²) in [6, 6.07) is 18.1. The lowest BCUT2D eigenvalue weighted by molar-refractivity contribution is -0.116. The molecule has 3 heterocycles. The molecule has 38 heavy (non-hydrogen) atoms. The Balaban J connectivity index is 1.61. The first kappa shape index (κ1) is 26.4. The van der Waals surface area contributed by atoms with Crippen LogP contribution in [0.2, 0.25) is 0 Å². The van der Waals surface area contributed by atoms with Crippen LogP contribution in [0.1, 0.15) is 67.1 Å². The van der Waals surface area contributed by atoms with Gasteiger partial charge in [0.25, 0.3) is 5.91 Å². The van der Waals surface area contributed by atoms with Crippen molar-refractivity contribution in [1.29, 1.82) is 0 Å². The number of carbonyl (C=O) groups excluding carboxylic acids is 2. The van der Waals surface area contributed by atoms with Crippen molar-refractivity contribution in [2.75, 3.05) is 11.1 Å². The normalized spacial score (nSPS) is 19.3. The van der Waals surface area contributed by atoms with Gasteiger partial charge in [0.05, 0.1) is 4.21 Å². The first-order valence-electron chi connectivity index (χ1n) is 13.2. The van der Waals surface area contributed by atoms with Crippen LogP contribution in [0.4, 0.5) is 5.82 Å². The Morgan fingerprint density at radius 1 is 1.11 bits per heavy atom. The summed E-state index contributed by atoms with van der Waals surface area (Å²) < 4.78 is 1.19. The van der Waals surface area contributed by atoms with Crippen molar-refractivity contribution in [2.45, 2.75) is 63.0 Å². The molecule has 2 unspecified atom stereocenters. The monoisotopic (exact) mass is 543 g/mol. The predicted octanol–water partition coefficient (Wildman–Crippen LogP) is 7.13. The topological polar surface area (TPSA) is 71.1 Å². The molecule has 2 aliphatic rings. The number of anilines is 1. The Morgan fingerprint density at radius 2 is 1.89 bits per heavy atom. The first-order chi connectivity index (χ1) is 18.4. The standard InChI is InChI=1S/C31H33N3O2S2/c1-5-22-17-23(31(38-22)37-6-2)28-27(30(36)34-26-14-10-11-18(3)32-26)19(4)33-24-15-21(16-25(35)29(24)28)20-12-8-7-9-13-20/h7-14,17,21,28,33H,5-6,15-16H2,1-4H3,(H,32,34,36). The van der Waals surface area contributed by atoms with E-state index in [0.717, 1.165) is 46.8 Å². The second-order valence-electron chi connectivity index (χ2n) is 9.79. The summed E-state index contributed by atoms with van der Waals surface area (Å²) in [6.07, 6.45) is 2.10. The lowest BCUT2D eigenvalue weighted by Gasteiger charge is -2.37. The third-order valence-electron chi connectivity index (χ3n) is 7.18. The summed E-state index contributed by atoms with van der Waals surface area (Å²) in [6.45, 7) is 8.14. The van der Waals surface area contributed by atoms with Gasteiger partial charge in [0, 0.05) is 45.5 Å². The highest BCUT2D eigenvalue weighted by Crippen LogP contribution is 2.49. The maximum atomic E-state index is 14.0. The van der Waals surface area contributed by atoms with Gasteiger partial charge in [-0.25, -0.2) is 4.98 Å². The number of carbonyl (C=O) groups is 2. The maximum Gasteiger partial charge on any atom is 0.255 e. The van der Waals surface area contributed by atoms with Crippen LogP contribution in [0.5, 0.6) is 0 Å². The molecule has 1 aliphatic heterocycles. The van der Waals surface area contributed by atoms with E-state index < -0.39 is 5.92 Å². The zero-order valence-corrected chi connectivity index (χ0v) is 23.9. The van der Waals surface area contributed by atoms with Gasteiger partial charge in [0.1, 0.15) is 5.82 Å². The van der Waals surface area contributed by atoms with Crippen molar-refractivity contribution in [3.8, 4) is 0 Å². The van der Waals surface area contributed by atoms with E-state index in [4.69, 9.17) is 0 Å². The number of thioether (sulfide) groups is 1. The summed E-state index contributed by atoms with van der Waals surface area (Å²) in [5.41, 5.74) is 6.14. The minimum absolute atomic E-state index is 0.112. The number of rotatable bonds is 7. The largest absolute Gasteiger partial charge is 0.362 e. The number of nitrogens with zero attached hydrogens (tertiary/aromatic N) is 1. The maximum absolute atomic E-state index is 14.0. The van der Waals surface area contributed by atoms with Crippen LogP contribution in [-0.4, -0.2) is 22.4 Å². The number of hydrogen-bond donors (Lipinski definition) is 2. The Hall–Kier alpha value is -3.16. The van der Waals surface area contributed by atoms with E-state index in [1.165, 1.54) is 14.6 Å². The molecule has 1 aromatic carbocycles. The summed E-state index contributed by atoms with van der Waals surface area (Å²) in [4.78, 5) is 33.6. The number of dihydropyridines is 1. The number of hydrogen-bond acceptors (Lipinski definition) is 6. The van der Waals surface area contributed by atoms with Gasteiger partial charge in [0.2, 0.25) is 0 Å². The first-order valence-corrected chi connectivity index (χ1v) is 15.0. The molecule has 0 fully saturated rings. The van der Waals surface area contributed by atoms with E-state index in [1.54, 1.807) is 29.2 Å². The van der Waals surface area contributed by atoms with Crippen LogP contribution in [0.25, 0.3) is 0 Å². The van der Waals surface area contributed by atoms with Crippen LogP contribution < -0.4 is 10.6 Å². The zero-order chi connectivity index (χ0) is 26.8.